The van der Waals surface area contributed by atoms with Crippen molar-refractivity contribution in [3.8, 4) is 0 Å². The predicted octanol–water partition coefficient (Wildman–Crippen LogP) is 4.54. The van der Waals surface area contributed by atoms with Crippen LogP contribution in [0.3, 0.4) is 0 Å². The fourth-order valence-corrected chi connectivity index (χ4v) is 2.12. The lowest BCUT2D eigenvalue weighted by atomic mass is 10.1. The lowest BCUT2D eigenvalue weighted by molar-refractivity contribution is 0.0601. The summed E-state index contributed by atoms with van der Waals surface area (Å²) >= 11 is 12.2. The molecule has 2 aromatic rings. The minimum Gasteiger partial charge on any atom is -0.465 e. The van der Waals surface area contributed by atoms with E-state index in [-0.39, 0.29) is 10.6 Å². The van der Waals surface area contributed by atoms with E-state index in [0.29, 0.717) is 16.3 Å². The Morgan fingerprint density at radius 1 is 1.26 bits per heavy atom. The number of benzene rings is 1. The quantitative estimate of drug-likeness (QED) is 0.781. The first-order valence-electron chi connectivity index (χ1n) is 5.41. The Balaban J connectivity index is 2.42. The zero-order chi connectivity index (χ0) is 13.8. The number of ether oxygens (including phenoxy) is 1. The normalized spacial score (nSPS) is 10.9. The molecule has 0 saturated carbocycles. The van der Waals surface area contributed by atoms with Gasteiger partial charge in [-0.25, -0.2) is 4.79 Å². The number of furan rings is 1. The van der Waals surface area contributed by atoms with Crippen molar-refractivity contribution < 1.29 is 13.9 Å². The molecule has 1 aromatic carbocycles. The Kier molecular flexibility index (Phi) is 4.30. The molecule has 1 heterocycles. The number of rotatable bonds is 3. The third-order valence-electron chi connectivity index (χ3n) is 2.49. The van der Waals surface area contributed by atoms with E-state index in [1.54, 1.807) is 36.6 Å². The SMILES string of the molecule is COC(=O)c1ccc(Cl)c(C=Cc2ccco2)c1Cl. The molecule has 0 aliphatic rings. The predicted molar refractivity (Wildman–Crippen MR) is 75.4 cm³/mol. The monoisotopic (exact) mass is 296 g/mol. The van der Waals surface area contributed by atoms with Crippen LogP contribution < -0.4 is 0 Å². The first-order valence-corrected chi connectivity index (χ1v) is 6.17. The van der Waals surface area contributed by atoms with Crippen LogP contribution in [0, 0.1) is 0 Å². The van der Waals surface area contributed by atoms with Gasteiger partial charge in [0.05, 0.1) is 24.0 Å². The Morgan fingerprint density at radius 2 is 2.05 bits per heavy atom. The Bertz CT molecular complexity index is 616. The second kappa shape index (κ2) is 5.95. The summed E-state index contributed by atoms with van der Waals surface area (Å²) in [6, 6.07) is 6.69. The molecule has 0 N–H and O–H groups in total. The summed E-state index contributed by atoms with van der Waals surface area (Å²) in [5, 5.41) is 0.697. The van der Waals surface area contributed by atoms with Crippen molar-refractivity contribution in [1.29, 1.82) is 0 Å². The molecule has 1 aromatic heterocycles. The van der Waals surface area contributed by atoms with Gasteiger partial charge in [0.15, 0.2) is 0 Å². The number of halogens is 2. The number of hydrogen-bond acceptors (Lipinski definition) is 3. The Hall–Kier alpha value is -1.71. The Morgan fingerprint density at radius 3 is 2.68 bits per heavy atom. The van der Waals surface area contributed by atoms with E-state index >= 15 is 0 Å². The third-order valence-corrected chi connectivity index (χ3v) is 3.23. The van der Waals surface area contributed by atoms with Crippen molar-refractivity contribution in [3.05, 3.63) is 57.5 Å². The summed E-state index contributed by atoms with van der Waals surface area (Å²) in [5.41, 5.74) is 0.815. The highest BCUT2D eigenvalue weighted by molar-refractivity contribution is 6.39. The van der Waals surface area contributed by atoms with Crippen molar-refractivity contribution in [2.24, 2.45) is 0 Å². The molecule has 2 rings (SSSR count). The summed E-state index contributed by atoms with van der Waals surface area (Å²) in [4.78, 5) is 11.5. The molecule has 0 atom stereocenters. The van der Waals surface area contributed by atoms with Crippen molar-refractivity contribution in [1.82, 2.24) is 0 Å². The number of carbonyl (C=O) groups excluding carboxylic acids is 1. The largest absolute Gasteiger partial charge is 0.465 e. The zero-order valence-corrected chi connectivity index (χ0v) is 11.5. The van der Waals surface area contributed by atoms with Crippen LogP contribution in [0.25, 0.3) is 12.2 Å². The van der Waals surface area contributed by atoms with Crippen LogP contribution in [0.5, 0.6) is 0 Å². The van der Waals surface area contributed by atoms with Gasteiger partial charge in [0.2, 0.25) is 0 Å². The van der Waals surface area contributed by atoms with Gasteiger partial charge in [-0.2, -0.15) is 0 Å². The maximum atomic E-state index is 11.5. The maximum absolute atomic E-state index is 11.5. The van der Waals surface area contributed by atoms with Gasteiger partial charge in [0.1, 0.15) is 5.76 Å². The highest BCUT2D eigenvalue weighted by Crippen LogP contribution is 2.30. The topological polar surface area (TPSA) is 39.4 Å². The molecule has 0 bridgehead atoms. The maximum Gasteiger partial charge on any atom is 0.339 e. The minimum atomic E-state index is -0.505. The number of hydrogen-bond donors (Lipinski definition) is 0. The van der Waals surface area contributed by atoms with Crippen molar-refractivity contribution >= 4 is 41.3 Å². The first kappa shape index (κ1) is 13.7. The van der Waals surface area contributed by atoms with Crippen LogP contribution in [-0.4, -0.2) is 13.1 Å². The van der Waals surface area contributed by atoms with Crippen LogP contribution >= 0.6 is 23.2 Å². The van der Waals surface area contributed by atoms with E-state index < -0.39 is 5.97 Å². The number of esters is 1. The molecule has 3 nitrogen and oxygen atoms in total. The van der Waals surface area contributed by atoms with Crippen LogP contribution in [0.1, 0.15) is 21.7 Å². The smallest absolute Gasteiger partial charge is 0.339 e. The summed E-state index contributed by atoms with van der Waals surface area (Å²) < 4.78 is 9.82. The average molecular weight is 297 g/mol. The van der Waals surface area contributed by atoms with E-state index in [0.717, 1.165) is 0 Å². The third kappa shape index (κ3) is 3.00. The van der Waals surface area contributed by atoms with E-state index in [1.807, 2.05) is 0 Å². The van der Waals surface area contributed by atoms with E-state index in [4.69, 9.17) is 27.6 Å². The molecule has 0 spiro atoms. The van der Waals surface area contributed by atoms with Crippen molar-refractivity contribution in [2.45, 2.75) is 0 Å². The lowest BCUT2D eigenvalue weighted by Crippen LogP contribution is -2.02. The van der Waals surface area contributed by atoms with Gasteiger partial charge in [0.25, 0.3) is 0 Å². The van der Waals surface area contributed by atoms with Crippen molar-refractivity contribution in [2.75, 3.05) is 7.11 Å². The standard InChI is InChI=1S/C14H10Cl2O3/c1-18-14(17)11-6-7-12(15)10(13(11)16)5-4-9-3-2-8-19-9/h2-8H,1H3. The van der Waals surface area contributed by atoms with Crippen LogP contribution in [0.2, 0.25) is 10.0 Å². The highest BCUT2D eigenvalue weighted by atomic mass is 35.5. The van der Waals surface area contributed by atoms with Gasteiger partial charge in [-0.1, -0.05) is 23.2 Å². The van der Waals surface area contributed by atoms with Gasteiger partial charge in [-0.15, -0.1) is 0 Å². The minimum absolute atomic E-state index is 0.252. The first-order chi connectivity index (χ1) is 9.13. The number of carbonyl (C=O) groups is 1. The van der Waals surface area contributed by atoms with Crippen LogP contribution in [0.15, 0.2) is 34.9 Å². The van der Waals surface area contributed by atoms with E-state index in [1.165, 1.54) is 13.2 Å². The Labute approximate surface area is 120 Å². The summed E-state index contributed by atoms with van der Waals surface area (Å²) in [7, 11) is 1.30. The van der Waals surface area contributed by atoms with Gasteiger partial charge >= 0.3 is 5.97 Å². The van der Waals surface area contributed by atoms with E-state index in [2.05, 4.69) is 4.74 Å². The van der Waals surface area contributed by atoms with Gasteiger partial charge in [-0.05, 0) is 36.4 Å². The molecule has 5 heteroatoms. The highest BCUT2D eigenvalue weighted by Gasteiger charge is 2.15. The molecule has 0 fully saturated rings. The lowest BCUT2D eigenvalue weighted by Gasteiger charge is -2.07. The molecule has 19 heavy (non-hydrogen) atoms. The molecular formula is C14H10Cl2O3. The summed E-state index contributed by atoms with van der Waals surface area (Å²) in [5.74, 6) is 0.157. The fourth-order valence-electron chi connectivity index (χ4n) is 1.54. The van der Waals surface area contributed by atoms with Crippen LogP contribution in [-0.2, 0) is 4.74 Å². The molecule has 0 unspecified atom stereocenters. The number of methoxy groups -OCH3 is 1. The van der Waals surface area contributed by atoms with Gasteiger partial charge in [-0.3, -0.25) is 0 Å². The zero-order valence-electron chi connectivity index (χ0n) is 10.0. The van der Waals surface area contributed by atoms with Gasteiger partial charge in [0, 0.05) is 10.6 Å². The average Bonchev–Trinajstić information content (AvgIpc) is 2.91. The second-order valence-electron chi connectivity index (χ2n) is 3.66. The molecule has 0 radical (unpaired) electrons. The van der Waals surface area contributed by atoms with Crippen LogP contribution in [0.4, 0.5) is 0 Å². The van der Waals surface area contributed by atoms with Crippen molar-refractivity contribution in [3.63, 3.8) is 0 Å². The van der Waals surface area contributed by atoms with Gasteiger partial charge < -0.3 is 9.15 Å². The molecule has 98 valence electrons. The molecule has 0 aliphatic heterocycles. The van der Waals surface area contributed by atoms with E-state index in [9.17, 15) is 4.79 Å². The molecule has 0 amide bonds. The molecule has 0 saturated heterocycles. The summed E-state index contributed by atoms with van der Waals surface area (Å²) in [6.45, 7) is 0. The second-order valence-corrected chi connectivity index (χ2v) is 4.45. The molecular weight excluding hydrogens is 287 g/mol. The fraction of sp³-hybridized carbons (Fsp3) is 0.0714. The summed E-state index contributed by atoms with van der Waals surface area (Å²) in [6.07, 6.45) is 4.97. The molecule has 0 aliphatic carbocycles.